The van der Waals surface area contributed by atoms with E-state index in [-0.39, 0.29) is 23.3 Å². The Bertz CT molecular complexity index is 986. The van der Waals surface area contributed by atoms with Gasteiger partial charge in [-0.05, 0) is 40.8 Å². The first-order valence-electron chi connectivity index (χ1n) is 8.66. The smallest absolute Gasteiger partial charge is 0.411 e. The number of aryl methyl sites for hydroxylation is 1. The van der Waals surface area contributed by atoms with Gasteiger partial charge in [-0.25, -0.2) is 4.79 Å². The minimum Gasteiger partial charge on any atom is -0.506 e. The summed E-state index contributed by atoms with van der Waals surface area (Å²) in [6.07, 6.45) is -0.609. The molecule has 1 aliphatic rings. The van der Waals surface area contributed by atoms with Crippen LogP contribution in [0.1, 0.15) is 22.6 Å². The first-order valence-corrected chi connectivity index (χ1v) is 9.04. The van der Waals surface area contributed by atoms with Crippen molar-refractivity contribution in [2.75, 3.05) is 11.9 Å². The predicted octanol–water partition coefficient (Wildman–Crippen LogP) is 5.72. The number of ether oxygens (including phenoxy) is 1. The topological polar surface area (TPSA) is 58.6 Å². The summed E-state index contributed by atoms with van der Waals surface area (Å²) < 4.78 is 5.48. The first kappa shape index (κ1) is 17.4. The van der Waals surface area contributed by atoms with Gasteiger partial charge in [0.1, 0.15) is 17.4 Å². The number of amides is 1. The summed E-state index contributed by atoms with van der Waals surface area (Å²) in [5.41, 5.74) is 5.60. The summed E-state index contributed by atoms with van der Waals surface area (Å²) in [5.74, 6) is -0.0573. The van der Waals surface area contributed by atoms with Crippen LogP contribution >= 0.6 is 11.6 Å². The zero-order valence-electron chi connectivity index (χ0n) is 14.7. The fourth-order valence-corrected chi connectivity index (χ4v) is 3.76. The van der Waals surface area contributed by atoms with Crippen LogP contribution in [-0.2, 0) is 4.74 Å². The van der Waals surface area contributed by atoms with Gasteiger partial charge in [0.15, 0.2) is 0 Å². The summed E-state index contributed by atoms with van der Waals surface area (Å²) in [6.45, 7) is 1.95. The van der Waals surface area contributed by atoms with Gasteiger partial charge in [0, 0.05) is 5.92 Å². The van der Waals surface area contributed by atoms with Crippen molar-refractivity contribution in [2.24, 2.45) is 0 Å². The number of phenolic OH excluding ortho intramolecular Hbond substituents is 1. The molecule has 0 aliphatic heterocycles. The molecule has 0 saturated carbocycles. The van der Waals surface area contributed by atoms with Gasteiger partial charge in [-0.2, -0.15) is 0 Å². The first-order chi connectivity index (χ1) is 13.1. The number of hydrogen-bond acceptors (Lipinski definition) is 3. The number of hydrogen-bond donors (Lipinski definition) is 2. The van der Waals surface area contributed by atoms with Gasteiger partial charge in [-0.3, -0.25) is 5.32 Å². The maximum Gasteiger partial charge on any atom is 0.411 e. The number of fused-ring (bicyclic) bond motifs is 3. The van der Waals surface area contributed by atoms with E-state index in [0.29, 0.717) is 11.3 Å². The standard InChI is InChI=1S/C22H18ClNO3/c1-13-10-11-19(20(23)21(13)25)24-22(26)27-12-18-16-8-4-2-6-14(16)15-7-3-5-9-17(15)18/h2-11,18,25H,12H2,1H3,(H,24,26). The average Bonchev–Trinajstić information content (AvgIpc) is 3.01. The Morgan fingerprint density at radius 2 is 1.63 bits per heavy atom. The van der Waals surface area contributed by atoms with E-state index < -0.39 is 6.09 Å². The summed E-state index contributed by atoms with van der Waals surface area (Å²) in [4.78, 5) is 12.3. The van der Waals surface area contributed by atoms with Crippen molar-refractivity contribution < 1.29 is 14.6 Å². The lowest BCUT2D eigenvalue weighted by molar-refractivity contribution is 0.158. The van der Waals surface area contributed by atoms with Crippen LogP contribution < -0.4 is 5.32 Å². The van der Waals surface area contributed by atoms with Crippen molar-refractivity contribution in [2.45, 2.75) is 12.8 Å². The summed E-state index contributed by atoms with van der Waals surface area (Å²) in [5, 5.41) is 12.6. The molecule has 0 spiro atoms. The van der Waals surface area contributed by atoms with Crippen LogP contribution in [0.25, 0.3) is 11.1 Å². The molecule has 1 amide bonds. The van der Waals surface area contributed by atoms with E-state index in [4.69, 9.17) is 16.3 Å². The van der Waals surface area contributed by atoms with Gasteiger partial charge in [0.25, 0.3) is 0 Å². The molecule has 4 nitrogen and oxygen atoms in total. The van der Waals surface area contributed by atoms with Crippen LogP contribution in [0, 0.1) is 6.92 Å². The molecule has 0 fully saturated rings. The second kappa shape index (κ2) is 6.97. The Balaban J connectivity index is 1.51. The van der Waals surface area contributed by atoms with E-state index >= 15 is 0 Å². The lowest BCUT2D eigenvalue weighted by Gasteiger charge is -2.15. The zero-order valence-corrected chi connectivity index (χ0v) is 15.5. The molecular formula is C22H18ClNO3. The molecule has 0 heterocycles. The number of phenols is 1. The number of rotatable bonds is 3. The molecule has 0 saturated heterocycles. The van der Waals surface area contributed by atoms with Crippen LogP contribution in [0.2, 0.25) is 5.02 Å². The Hall–Kier alpha value is -2.98. The average molecular weight is 380 g/mol. The molecule has 3 aromatic carbocycles. The van der Waals surface area contributed by atoms with Crippen LogP contribution in [0.3, 0.4) is 0 Å². The van der Waals surface area contributed by atoms with E-state index in [1.54, 1.807) is 19.1 Å². The molecule has 3 aromatic rings. The highest BCUT2D eigenvalue weighted by molar-refractivity contribution is 6.35. The Morgan fingerprint density at radius 3 is 2.26 bits per heavy atom. The fraction of sp³-hybridized carbons (Fsp3) is 0.136. The van der Waals surface area contributed by atoms with Gasteiger partial charge in [0.2, 0.25) is 0 Å². The lowest BCUT2D eigenvalue weighted by Crippen LogP contribution is -2.18. The van der Waals surface area contributed by atoms with Crippen molar-refractivity contribution >= 4 is 23.4 Å². The van der Waals surface area contributed by atoms with E-state index in [9.17, 15) is 9.90 Å². The molecule has 2 N–H and O–H groups in total. The molecule has 136 valence electrons. The Kier molecular flexibility index (Phi) is 4.50. The van der Waals surface area contributed by atoms with Crippen LogP contribution in [0.5, 0.6) is 5.75 Å². The van der Waals surface area contributed by atoms with Crippen molar-refractivity contribution in [3.63, 3.8) is 0 Å². The minimum atomic E-state index is -0.609. The SMILES string of the molecule is Cc1ccc(NC(=O)OCC2c3ccccc3-c3ccccc32)c(Cl)c1O. The molecule has 0 aromatic heterocycles. The van der Waals surface area contributed by atoms with Gasteiger partial charge in [-0.1, -0.05) is 66.2 Å². The number of nitrogens with one attached hydrogen (secondary N) is 1. The highest BCUT2D eigenvalue weighted by Crippen LogP contribution is 2.44. The van der Waals surface area contributed by atoms with E-state index in [1.165, 1.54) is 11.1 Å². The van der Waals surface area contributed by atoms with Crippen molar-refractivity contribution in [3.05, 3.63) is 82.4 Å². The Morgan fingerprint density at radius 1 is 1.04 bits per heavy atom. The van der Waals surface area contributed by atoms with Crippen molar-refractivity contribution in [1.29, 1.82) is 0 Å². The molecule has 1 aliphatic carbocycles. The van der Waals surface area contributed by atoms with Gasteiger partial charge >= 0.3 is 6.09 Å². The van der Waals surface area contributed by atoms with Crippen LogP contribution in [0.15, 0.2) is 60.7 Å². The highest BCUT2D eigenvalue weighted by atomic mass is 35.5. The molecule has 4 rings (SSSR count). The molecule has 0 bridgehead atoms. The number of aromatic hydroxyl groups is 1. The summed E-state index contributed by atoms with van der Waals surface area (Å²) >= 11 is 6.08. The summed E-state index contributed by atoms with van der Waals surface area (Å²) in [7, 11) is 0. The third-order valence-corrected chi connectivity index (χ3v) is 5.28. The number of carbonyl (C=O) groups excluding carboxylic acids is 1. The third kappa shape index (κ3) is 3.13. The normalized spacial score (nSPS) is 12.4. The largest absolute Gasteiger partial charge is 0.506 e. The number of carbonyl (C=O) groups is 1. The molecular weight excluding hydrogens is 362 g/mol. The minimum absolute atomic E-state index is 0.00922. The lowest BCUT2D eigenvalue weighted by atomic mass is 9.98. The third-order valence-electron chi connectivity index (χ3n) is 4.90. The molecule has 0 radical (unpaired) electrons. The quantitative estimate of drug-likeness (QED) is 0.612. The molecule has 5 heteroatoms. The van der Waals surface area contributed by atoms with Gasteiger partial charge in [0.05, 0.1) is 5.69 Å². The van der Waals surface area contributed by atoms with Gasteiger partial charge in [-0.15, -0.1) is 0 Å². The number of benzene rings is 3. The van der Waals surface area contributed by atoms with E-state index in [0.717, 1.165) is 11.1 Å². The van der Waals surface area contributed by atoms with E-state index in [1.807, 2.05) is 24.3 Å². The molecule has 0 atom stereocenters. The number of anilines is 1. The van der Waals surface area contributed by atoms with Crippen molar-refractivity contribution in [3.8, 4) is 16.9 Å². The Labute approximate surface area is 162 Å². The summed E-state index contributed by atoms with van der Waals surface area (Å²) in [6, 6.07) is 19.6. The van der Waals surface area contributed by atoms with Crippen molar-refractivity contribution in [1.82, 2.24) is 0 Å². The fourth-order valence-electron chi connectivity index (χ4n) is 3.50. The van der Waals surface area contributed by atoms with Crippen LogP contribution in [-0.4, -0.2) is 17.8 Å². The zero-order chi connectivity index (χ0) is 19.0. The molecule has 27 heavy (non-hydrogen) atoms. The number of halogens is 1. The van der Waals surface area contributed by atoms with E-state index in [2.05, 4.69) is 29.6 Å². The highest BCUT2D eigenvalue weighted by Gasteiger charge is 2.29. The van der Waals surface area contributed by atoms with Crippen LogP contribution in [0.4, 0.5) is 10.5 Å². The second-order valence-corrected chi connectivity index (χ2v) is 6.92. The second-order valence-electron chi connectivity index (χ2n) is 6.54. The predicted molar refractivity (Wildman–Crippen MR) is 107 cm³/mol. The monoisotopic (exact) mass is 379 g/mol. The molecule has 0 unspecified atom stereocenters. The maximum absolute atomic E-state index is 12.3. The maximum atomic E-state index is 12.3. The van der Waals surface area contributed by atoms with Gasteiger partial charge < -0.3 is 9.84 Å².